The van der Waals surface area contributed by atoms with E-state index in [-0.39, 0.29) is 25.2 Å². The van der Waals surface area contributed by atoms with Crippen LogP contribution in [0.1, 0.15) is 76.7 Å². The minimum atomic E-state index is -0.200. The molecule has 0 radical (unpaired) electrons. The summed E-state index contributed by atoms with van der Waals surface area (Å²) in [4.78, 5) is 12.8. The van der Waals surface area contributed by atoms with Crippen molar-refractivity contribution in [2.75, 3.05) is 13.9 Å². The van der Waals surface area contributed by atoms with Gasteiger partial charge in [0.05, 0.1) is 18.1 Å². The molecule has 204 valence electrons. The second-order valence-electron chi connectivity index (χ2n) is 10.1. The van der Waals surface area contributed by atoms with E-state index in [1.165, 1.54) is 50.5 Å². The van der Waals surface area contributed by atoms with Crippen molar-refractivity contribution in [3.05, 3.63) is 42.1 Å². The molecule has 1 aromatic heterocycles. The van der Waals surface area contributed by atoms with Crippen molar-refractivity contribution in [3.63, 3.8) is 0 Å². The molecule has 0 N–H and O–H groups in total. The van der Waals surface area contributed by atoms with Gasteiger partial charge in [0.1, 0.15) is 0 Å². The van der Waals surface area contributed by atoms with Crippen LogP contribution in [0.3, 0.4) is 0 Å². The monoisotopic (exact) mass is 539 g/mol. The van der Waals surface area contributed by atoms with E-state index in [0.29, 0.717) is 17.9 Å². The van der Waals surface area contributed by atoms with E-state index >= 15 is 0 Å². The molecule has 0 atom stereocenters. The minimum Gasteiger partial charge on any atom is -1.00 e. The number of carbonyl (C=O) groups excluding carboxylic acids is 1. The molecular weight excluding hydrogens is 502 g/mol. The van der Waals surface area contributed by atoms with Crippen LogP contribution in [0.15, 0.2) is 36.5 Å². The number of ether oxygens (including phenoxy) is 4. The van der Waals surface area contributed by atoms with Gasteiger partial charge in [0.25, 0.3) is 0 Å². The van der Waals surface area contributed by atoms with E-state index < -0.39 is 0 Å². The molecule has 0 unspecified atom stereocenters. The lowest BCUT2D eigenvalue weighted by molar-refractivity contribution is -0.686. The van der Waals surface area contributed by atoms with E-state index in [0.717, 1.165) is 59.3 Å². The number of esters is 1. The molecule has 5 rings (SSSR count). The molecule has 0 spiro atoms. The summed E-state index contributed by atoms with van der Waals surface area (Å²) < 4.78 is 24.9. The number of nitrogens with zero attached hydrogens (tertiary/aromatic N) is 1. The maximum Gasteiger partial charge on any atom is 0.311 e. The average molecular weight is 540 g/mol. The number of halogens is 1. The van der Waals surface area contributed by atoms with Gasteiger partial charge in [-0.1, -0.05) is 58.3 Å². The number of unbranched alkanes of at least 4 members (excludes halogenated alkanes) is 8. The smallest absolute Gasteiger partial charge is 0.311 e. The highest BCUT2D eigenvalue weighted by Gasteiger charge is 2.29. The van der Waals surface area contributed by atoms with Gasteiger partial charge in [-0.05, 0) is 41.6 Å². The fraction of sp³-hybridized carbons (Fsp3) is 0.484. The van der Waals surface area contributed by atoms with Crippen molar-refractivity contribution in [1.29, 1.82) is 0 Å². The van der Waals surface area contributed by atoms with Crippen LogP contribution in [0.5, 0.6) is 23.0 Å². The number of aryl methyl sites for hydroxylation is 2. The molecule has 6 nitrogen and oxygen atoms in total. The zero-order valence-corrected chi connectivity index (χ0v) is 23.3. The van der Waals surface area contributed by atoms with Crippen LogP contribution < -0.4 is 35.9 Å². The van der Waals surface area contributed by atoms with Gasteiger partial charge in [-0.2, -0.15) is 4.57 Å². The van der Waals surface area contributed by atoms with Crippen LogP contribution in [-0.2, 0) is 17.8 Å². The lowest BCUT2D eigenvalue weighted by atomic mass is 9.95. The molecular formula is C31H38ClNO5. The highest BCUT2D eigenvalue weighted by atomic mass is 35.5. The van der Waals surface area contributed by atoms with Crippen molar-refractivity contribution in [2.45, 2.75) is 84.1 Å². The molecule has 0 aliphatic carbocycles. The average Bonchev–Trinajstić information content (AvgIpc) is 3.37. The van der Waals surface area contributed by atoms with Gasteiger partial charge in [-0.3, -0.25) is 4.79 Å². The second kappa shape index (κ2) is 13.2. The number of fused-ring (bicyclic) bond motifs is 5. The minimum absolute atomic E-state index is 0. The summed E-state index contributed by atoms with van der Waals surface area (Å²) >= 11 is 0. The first-order valence-corrected chi connectivity index (χ1v) is 13.9. The fourth-order valence-corrected chi connectivity index (χ4v) is 5.41. The van der Waals surface area contributed by atoms with E-state index in [1.54, 1.807) is 7.11 Å². The van der Waals surface area contributed by atoms with Crippen LogP contribution in [-0.4, -0.2) is 19.9 Å². The number of pyridine rings is 1. The third-order valence-electron chi connectivity index (χ3n) is 7.50. The topological polar surface area (TPSA) is 57.9 Å². The Labute approximate surface area is 231 Å². The van der Waals surface area contributed by atoms with Crippen LogP contribution in [0, 0.1) is 0 Å². The Morgan fingerprint density at radius 3 is 2.39 bits per heavy atom. The third-order valence-corrected chi connectivity index (χ3v) is 7.50. The molecule has 0 saturated carbocycles. The summed E-state index contributed by atoms with van der Waals surface area (Å²) in [5, 5.41) is 1.89. The zero-order chi connectivity index (χ0) is 25.6. The lowest BCUT2D eigenvalue weighted by Crippen LogP contribution is -3.00. The first kappa shape index (κ1) is 28.0. The van der Waals surface area contributed by atoms with Crippen LogP contribution in [0.25, 0.3) is 22.0 Å². The van der Waals surface area contributed by atoms with Crippen molar-refractivity contribution in [3.8, 4) is 34.3 Å². The molecule has 0 bridgehead atoms. The number of hydrogen-bond donors (Lipinski definition) is 0. The highest BCUT2D eigenvalue weighted by molar-refractivity contribution is 5.93. The molecule has 3 heterocycles. The summed E-state index contributed by atoms with van der Waals surface area (Å²) in [5.41, 5.74) is 3.52. The number of benzene rings is 2. The SMILES string of the molecule is CCCCCCCCCCCC(=O)Oc1c(OC)ccc2cc3[n+](cc12)CCc1cc2c(cc1-3)OCO2.[Cl-]. The number of carbonyl (C=O) groups is 1. The summed E-state index contributed by atoms with van der Waals surface area (Å²) in [7, 11) is 1.61. The van der Waals surface area contributed by atoms with Crippen molar-refractivity contribution in [2.24, 2.45) is 0 Å². The molecule has 0 saturated heterocycles. The number of methoxy groups -OCH3 is 1. The van der Waals surface area contributed by atoms with Crippen LogP contribution in [0.4, 0.5) is 0 Å². The summed E-state index contributed by atoms with van der Waals surface area (Å²) in [6.45, 7) is 3.35. The quantitative estimate of drug-likeness (QED) is 0.151. The van der Waals surface area contributed by atoms with Gasteiger partial charge in [0, 0.05) is 18.9 Å². The molecule has 2 aromatic carbocycles. The predicted molar refractivity (Wildman–Crippen MR) is 143 cm³/mol. The summed E-state index contributed by atoms with van der Waals surface area (Å²) in [6.07, 6.45) is 14.4. The molecule has 0 fully saturated rings. The van der Waals surface area contributed by atoms with E-state index in [2.05, 4.69) is 35.9 Å². The molecule has 2 aliphatic heterocycles. The number of hydrogen-bond acceptors (Lipinski definition) is 5. The van der Waals surface area contributed by atoms with Crippen molar-refractivity contribution >= 4 is 16.7 Å². The van der Waals surface area contributed by atoms with Gasteiger partial charge >= 0.3 is 5.97 Å². The van der Waals surface area contributed by atoms with E-state index in [4.69, 9.17) is 18.9 Å². The van der Waals surface area contributed by atoms with Crippen molar-refractivity contribution in [1.82, 2.24) is 0 Å². The maximum atomic E-state index is 12.8. The van der Waals surface area contributed by atoms with Gasteiger partial charge in [0.15, 0.2) is 35.7 Å². The number of aromatic nitrogens is 1. The third kappa shape index (κ3) is 6.17. The Morgan fingerprint density at radius 2 is 1.66 bits per heavy atom. The maximum absolute atomic E-state index is 12.8. The van der Waals surface area contributed by atoms with Crippen LogP contribution in [0.2, 0.25) is 0 Å². The largest absolute Gasteiger partial charge is 1.00 e. The zero-order valence-electron chi connectivity index (χ0n) is 22.5. The van der Waals surface area contributed by atoms with Crippen LogP contribution >= 0.6 is 0 Å². The fourth-order valence-electron chi connectivity index (χ4n) is 5.41. The highest BCUT2D eigenvalue weighted by Crippen LogP contribution is 2.41. The predicted octanol–water partition coefficient (Wildman–Crippen LogP) is 3.92. The molecule has 0 amide bonds. The normalized spacial score (nSPS) is 13.0. The Morgan fingerprint density at radius 1 is 0.947 bits per heavy atom. The lowest BCUT2D eigenvalue weighted by Gasteiger charge is -2.17. The van der Waals surface area contributed by atoms with Gasteiger partial charge < -0.3 is 31.4 Å². The van der Waals surface area contributed by atoms with Crippen molar-refractivity contribution < 1.29 is 40.7 Å². The van der Waals surface area contributed by atoms with Gasteiger partial charge in [-0.25, -0.2) is 0 Å². The molecule has 38 heavy (non-hydrogen) atoms. The molecule has 7 heteroatoms. The Kier molecular flexibility index (Phi) is 9.73. The summed E-state index contributed by atoms with van der Waals surface area (Å²) in [5.74, 6) is 2.49. The Hall–Kier alpha value is -2.99. The summed E-state index contributed by atoms with van der Waals surface area (Å²) in [6, 6.07) is 10.2. The van der Waals surface area contributed by atoms with E-state index in [1.807, 2.05) is 12.1 Å². The molecule has 2 aliphatic rings. The Balaban J connectivity index is 0.00000336. The second-order valence-corrected chi connectivity index (χ2v) is 10.1. The van der Waals surface area contributed by atoms with Gasteiger partial charge in [-0.15, -0.1) is 0 Å². The standard InChI is InChI=1S/C31H38NO5.ClH/c1-3-4-5-6-7-8-9-10-11-12-30(33)37-31-25-20-32-16-15-23-18-28-29(36-21-35-28)19-24(23)26(32)17-22(25)13-14-27(31)34-2;/h13-14,17-20H,3-12,15-16,21H2,1-2H3;1H/q+1;/p-1. The Bertz CT molecular complexity index is 1280. The number of rotatable bonds is 12. The first-order valence-electron chi connectivity index (χ1n) is 13.9. The first-order chi connectivity index (χ1) is 18.2. The van der Waals surface area contributed by atoms with Gasteiger partial charge in [0.2, 0.25) is 12.5 Å². The molecule has 3 aromatic rings. The van der Waals surface area contributed by atoms with E-state index in [9.17, 15) is 4.79 Å².